The molecule has 0 aromatic rings. The summed E-state index contributed by atoms with van der Waals surface area (Å²) in [7, 11) is -3.13. The third-order valence-electron chi connectivity index (χ3n) is 3.94. The van der Waals surface area contributed by atoms with Gasteiger partial charge in [-0.3, -0.25) is 4.99 Å². The highest BCUT2D eigenvalue weighted by atomic mass is 127. The van der Waals surface area contributed by atoms with E-state index in [9.17, 15) is 8.42 Å². The van der Waals surface area contributed by atoms with E-state index < -0.39 is 10.0 Å². The Bertz CT molecular complexity index is 459. The van der Waals surface area contributed by atoms with E-state index >= 15 is 0 Å². The number of halogens is 1. The van der Waals surface area contributed by atoms with Crippen molar-refractivity contribution in [3.05, 3.63) is 0 Å². The minimum absolute atomic E-state index is 0. The molecule has 1 aliphatic heterocycles. The Morgan fingerprint density at radius 3 is 2.62 bits per heavy atom. The first kappa shape index (κ1) is 23.9. The van der Waals surface area contributed by atoms with Crippen LogP contribution in [0.5, 0.6) is 0 Å². The monoisotopic (exact) mass is 475 g/mol. The minimum Gasteiger partial charge on any atom is -0.357 e. The smallest absolute Gasteiger partial charge is 0.208 e. The summed E-state index contributed by atoms with van der Waals surface area (Å²) in [6, 6.07) is 0.696. The van der Waals surface area contributed by atoms with Gasteiger partial charge in [0.1, 0.15) is 0 Å². The largest absolute Gasteiger partial charge is 0.357 e. The molecule has 0 amide bonds. The molecule has 1 unspecified atom stereocenters. The number of guanidine groups is 1. The lowest BCUT2D eigenvalue weighted by atomic mass is 10.0. The van der Waals surface area contributed by atoms with Crippen LogP contribution in [0.3, 0.4) is 0 Å². The molecule has 1 rings (SSSR count). The number of nitrogens with one attached hydrogen (secondary N) is 3. The number of nitrogens with zero attached hydrogens (tertiary/aromatic N) is 2. The summed E-state index contributed by atoms with van der Waals surface area (Å²) in [5, 5.41) is 6.31. The van der Waals surface area contributed by atoms with Crippen LogP contribution in [0.1, 0.15) is 39.5 Å². The van der Waals surface area contributed by atoms with Gasteiger partial charge in [0.2, 0.25) is 10.0 Å². The summed E-state index contributed by atoms with van der Waals surface area (Å²) in [5.41, 5.74) is 0. The van der Waals surface area contributed by atoms with Crippen molar-refractivity contribution in [1.82, 2.24) is 20.3 Å². The summed E-state index contributed by atoms with van der Waals surface area (Å²) in [5.74, 6) is 0.745. The lowest BCUT2D eigenvalue weighted by Gasteiger charge is -2.33. The van der Waals surface area contributed by atoms with Crippen molar-refractivity contribution in [1.29, 1.82) is 0 Å². The molecule has 3 N–H and O–H groups in total. The Morgan fingerprint density at radius 1 is 1.25 bits per heavy atom. The van der Waals surface area contributed by atoms with Gasteiger partial charge in [-0.05, 0) is 39.7 Å². The molecule has 1 saturated heterocycles. The Labute approximate surface area is 164 Å². The van der Waals surface area contributed by atoms with Gasteiger partial charge in [-0.2, -0.15) is 0 Å². The average Bonchev–Trinajstić information content (AvgIpc) is 2.48. The van der Waals surface area contributed by atoms with Crippen LogP contribution in [0.15, 0.2) is 4.99 Å². The van der Waals surface area contributed by atoms with Gasteiger partial charge < -0.3 is 15.5 Å². The zero-order chi connectivity index (χ0) is 17.1. The molecule has 0 aromatic heterocycles. The quantitative estimate of drug-likeness (QED) is 0.200. The maximum absolute atomic E-state index is 11.0. The number of hydrogen-bond acceptors (Lipinski definition) is 4. The summed E-state index contributed by atoms with van der Waals surface area (Å²) in [6.07, 6.45) is 6.17. The maximum Gasteiger partial charge on any atom is 0.208 e. The summed E-state index contributed by atoms with van der Waals surface area (Å²) in [4.78, 5) is 7.10. The molecule has 9 heteroatoms. The second kappa shape index (κ2) is 13.1. The molecule has 1 fully saturated rings. The van der Waals surface area contributed by atoms with Crippen LogP contribution < -0.4 is 15.4 Å². The van der Waals surface area contributed by atoms with E-state index in [4.69, 9.17) is 0 Å². The van der Waals surface area contributed by atoms with Gasteiger partial charge in [-0.15, -0.1) is 24.0 Å². The van der Waals surface area contributed by atoms with Gasteiger partial charge in [0.05, 0.1) is 6.26 Å². The third kappa shape index (κ3) is 11.4. The summed E-state index contributed by atoms with van der Waals surface area (Å²) < 4.78 is 24.5. The van der Waals surface area contributed by atoms with Crippen molar-refractivity contribution in [3.8, 4) is 0 Å². The van der Waals surface area contributed by atoms with Crippen LogP contribution in [0, 0.1) is 0 Å². The fraction of sp³-hybridized carbons (Fsp3) is 0.933. The van der Waals surface area contributed by atoms with E-state index in [1.165, 1.54) is 25.8 Å². The number of hydrogen-bond donors (Lipinski definition) is 3. The molecule has 0 spiro atoms. The zero-order valence-electron chi connectivity index (χ0n) is 15.2. The highest BCUT2D eigenvalue weighted by Crippen LogP contribution is 2.16. The molecular weight excluding hydrogens is 441 g/mol. The molecule has 7 nitrogen and oxygen atoms in total. The molecular formula is C15H34IN5O2S. The highest BCUT2D eigenvalue weighted by Gasteiger charge is 2.16. The number of rotatable bonds is 9. The Hall–Kier alpha value is -0.130. The van der Waals surface area contributed by atoms with E-state index in [-0.39, 0.29) is 24.0 Å². The van der Waals surface area contributed by atoms with Gasteiger partial charge >= 0.3 is 0 Å². The van der Waals surface area contributed by atoms with Crippen molar-refractivity contribution in [3.63, 3.8) is 0 Å². The predicted molar refractivity (Wildman–Crippen MR) is 112 cm³/mol. The van der Waals surface area contributed by atoms with Crippen molar-refractivity contribution in [2.24, 2.45) is 4.99 Å². The molecule has 24 heavy (non-hydrogen) atoms. The van der Waals surface area contributed by atoms with E-state index in [0.717, 1.165) is 38.3 Å². The number of piperidine rings is 1. The van der Waals surface area contributed by atoms with Crippen molar-refractivity contribution < 1.29 is 8.42 Å². The van der Waals surface area contributed by atoms with Crippen molar-refractivity contribution >= 4 is 40.0 Å². The van der Waals surface area contributed by atoms with Crippen LogP contribution in [0.2, 0.25) is 0 Å². The molecule has 1 heterocycles. The fourth-order valence-corrected chi connectivity index (χ4v) is 3.19. The number of likely N-dealkylation sites (tertiary alicyclic amines) is 1. The van der Waals surface area contributed by atoms with Gasteiger partial charge in [-0.1, -0.05) is 6.42 Å². The minimum atomic E-state index is -3.13. The molecule has 0 bridgehead atoms. The Kier molecular flexibility index (Phi) is 13.1. The third-order valence-corrected chi connectivity index (χ3v) is 4.67. The summed E-state index contributed by atoms with van der Waals surface area (Å²) in [6.45, 7) is 9.06. The second-order valence-corrected chi connectivity index (χ2v) is 7.92. The Balaban J connectivity index is 0.00000529. The van der Waals surface area contributed by atoms with Crippen LogP contribution in [-0.2, 0) is 10.0 Å². The lowest BCUT2D eigenvalue weighted by molar-refractivity contribution is 0.160. The molecule has 0 aromatic carbocycles. The predicted octanol–water partition coefficient (Wildman–Crippen LogP) is 0.973. The molecule has 0 radical (unpaired) electrons. The van der Waals surface area contributed by atoms with Crippen molar-refractivity contribution in [2.45, 2.75) is 45.6 Å². The second-order valence-electron chi connectivity index (χ2n) is 6.09. The number of aliphatic imine (C=N–C) groups is 1. The molecule has 1 aliphatic rings. The molecule has 0 saturated carbocycles. The normalized spacial score (nSPS) is 19.6. The van der Waals surface area contributed by atoms with E-state index in [1.54, 1.807) is 0 Å². The molecule has 144 valence electrons. The molecule has 1 atom stereocenters. The van der Waals surface area contributed by atoms with Crippen LogP contribution in [0.4, 0.5) is 0 Å². The standard InChI is InChI=1S/C15H33N5O2S.HI/c1-4-16-15(18-10-11-19-23(3,21)22)17-9-7-13-20-12-6-5-8-14(20)2;/h14,19H,4-13H2,1-3H3,(H2,16,17,18);1H. The van der Waals surface area contributed by atoms with Gasteiger partial charge in [0, 0.05) is 38.8 Å². The molecule has 0 aliphatic carbocycles. The SMILES string of the molecule is CCNC(=NCCCN1CCCCC1C)NCCNS(C)(=O)=O.I. The first-order chi connectivity index (χ1) is 10.9. The summed E-state index contributed by atoms with van der Waals surface area (Å²) >= 11 is 0. The first-order valence-corrected chi connectivity index (χ1v) is 10.5. The average molecular weight is 475 g/mol. The van der Waals surface area contributed by atoms with E-state index in [1.807, 2.05) is 6.92 Å². The van der Waals surface area contributed by atoms with Crippen LogP contribution in [-0.4, -0.2) is 70.8 Å². The first-order valence-electron chi connectivity index (χ1n) is 8.63. The maximum atomic E-state index is 11.0. The zero-order valence-corrected chi connectivity index (χ0v) is 18.3. The van der Waals surface area contributed by atoms with E-state index in [2.05, 4.69) is 32.2 Å². The van der Waals surface area contributed by atoms with E-state index in [0.29, 0.717) is 19.1 Å². The van der Waals surface area contributed by atoms with Crippen LogP contribution in [0.25, 0.3) is 0 Å². The fourth-order valence-electron chi connectivity index (χ4n) is 2.71. The lowest BCUT2D eigenvalue weighted by Crippen LogP contribution is -2.41. The van der Waals surface area contributed by atoms with Crippen LogP contribution >= 0.6 is 24.0 Å². The number of sulfonamides is 1. The van der Waals surface area contributed by atoms with Gasteiger partial charge in [-0.25, -0.2) is 13.1 Å². The van der Waals surface area contributed by atoms with Gasteiger partial charge in [0.25, 0.3) is 0 Å². The van der Waals surface area contributed by atoms with Crippen molar-refractivity contribution in [2.75, 3.05) is 45.5 Å². The topological polar surface area (TPSA) is 85.8 Å². The highest BCUT2D eigenvalue weighted by molar-refractivity contribution is 14.0. The van der Waals surface area contributed by atoms with Gasteiger partial charge in [0.15, 0.2) is 5.96 Å². The Morgan fingerprint density at radius 2 is 2.00 bits per heavy atom.